The average molecular weight is 417 g/mol. The fraction of sp³-hybridized carbons (Fsp3) is 0.400. The van der Waals surface area contributed by atoms with Crippen LogP contribution in [0.2, 0.25) is 0 Å². The molecule has 2 heterocycles. The Morgan fingerprint density at radius 3 is 2.62 bits per heavy atom. The second-order valence-corrected chi connectivity index (χ2v) is 7.54. The van der Waals surface area contributed by atoms with E-state index in [-0.39, 0.29) is 36.1 Å². The average Bonchev–Trinajstić information content (AvgIpc) is 3.18. The van der Waals surface area contributed by atoms with E-state index in [0.29, 0.717) is 37.7 Å². The molecular weight excluding hydrogens is 392 g/mol. The molecule has 29 heavy (non-hydrogen) atoms. The zero-order valence-electron chi connectivity index (χ0n) is 16.2. The zero-order chi connectivity index (χ0) is 20.6. The number of nitrogens with one attached hydrogen (secondary N) is 2. The van der Waals surface area contributed by atoms with Crippen molar-refractivity contribution in [3.8, 4) is 0 Å². The van der Waals surface area contributed by atoms with Crippen molar-refractivity contribution in [3.63, 3.8) is 0 Å². The van der Waals surface area contributed by atoms with Gasteiger partial charge < -0.3 is 20.3 Å². The highest BCUT2D eigenvalue weighted by Crippen LogP contribution is 2.17. The third-order valence-electron chi connectivity index (χ3n) is 4.55. The number of amides is 3. The summed E-state index contributed by atoms with van der Waals surface area (Å²) < 4.78 is 5.00. The zero-order valence-corrected chi connectivity index (χ0v) is 17.0. The van der Waals surface area contributed by atoms with Gasteiger partial charge in [0.15, 0.2) is 5.13 Å². The maximum atomic E-state index is 12.4. The molecule has 3 amide bonds. The van der Waals surface area contributed by atoms with Crippen LogP contribution in [0.4, 0.5) is 9.93 Å². The fourth-order valence-corrected chi connectivity index (χ4v) is 3.77. The van der Waals surface area contributed by atoms with E-state index in [1.165, 1.54) is 11.3 Å². The summed E-state index contributed by atoms with van der Waals surface area (Å²) in [6.07, 6.45) is 1.26. The number of piperidine rings is 1. The molecule has 0 bridgehead atoms. The van der Waals surface area contributed by atoms with Crippen LogP contribution >= 0.6 is 11.3 Å². The summed E-state index contributed by atoms with van der Waals surface area (Å²) in [5.74, 6) is -0.455. The number of ether oxygens (including phenoxy) is 1. The summed E-state index contributed by atoms with van der Waals surface area (Å²) in [7, 11) is 0. The Kier molecular flexibility index (Phi) is 7.18. The van der Waals surface area contributed by atoms with Gasteiger partial charge in [0.05, 0.1) is 13.0 Å². The van der Waals surface area contributed by atoms with Gasteiger partial charge in [-0.2, -0.15) is 0 Å². The van der Waals surface area contributed by atoms with Gasteiger partial charge in [-0.1, -0.05) is 30.3 Å². The number of likely N-dealkylation sites (tertiary alicyclic amines) is 1. The number of nitrogens with zero attached hydrogens (tertiary/aromatic N) is 2. The molecule has 1 aromatic carbocycles. The number of aromatic nitrogens is 1. The van der Waals surface area contributed by atoms with Crippen molar-refractivity contribution in [2.45, 2.75) is 32.2 Å². The largest absolute Gasteiger partial charge is 0.450 e. The van der Waals surface area contributed by atoms with Crippen LogP contribution in [0.3, 0.4) is 0 Å². The summed E-state index contributed by atoms with van der Waals surface area (Å²) in [4.78, 5) is 42.1. The van der Waals surface area contributed by atoms with Crippen LogP contribution in [0.1, 0.15) is 35.8 Å². The molecule has 3 rings (SSSR count). The van der Waals surface area contributed by atoms with Crippen molar-refractivity contribution in [2.75, 3.05) is 25.0 Å². The van der Waals surface area contributed by atoms with Gasteiger partial charge in [-0.15, -0.1) is 11.3 Å². The number of carbonyl (C=O) groups is 3. The van der Waals surface area contributed by atoms with Gasteiger partial charge in [0.1, 0.15) is 5.69 Å². The van der Waals surface area contributed by atoms with Crippen LogP contribution in [-0.4, -0.2) is 53.5 Å². The molecule has 0 spiro atoms. The number of hydrogen-bond donors (Lipinski definition) is 2. The summed E-state index contributed by atoms with van der Waals surface area (Å²) in [6, 6.07) is 9.40. The lowest BCUT2D eigenvalue weighted by Gasteiger charge is -2.31. The number of anilines is 1. The van der Waals surface area contributed by atoms with E-state index in [2.05, 4.69) is 15.6 Å². The molecule has 1 aromatic heterocycles. The van der Waals surface area contributed by atoms with E-state index < -0.39 is 0 Å². The van der Waals surface area contributed by atoms with E-state index in [4.69, 9.17) is 4.74 Å². The molecule has 2 N–H and O–H groups in total. The van der Waals surface area contributed by atoms with Crippen LogP contribution in [-0.2, 0) is 16.0 Å². The smallest absolute Gasteiger partial charge is 0.409 e. The molecule has 0 aliphatic carbocycles. The summed E-state index contributed by atoms with van der Waals surface area (Å²) in [6.45, 7) is 3.21. The maximum Gasteiger partial charge on any atom is 0.409 e. The van der Waals surface area contributed by atoms with Crippen LogP contribution in [0.15, 0.2) is 35.7 Å². The molecule has 9 heteroatoms. The molecule has 0 atom stereocenters. The van der Waals surface area contributed by atoms with Gasteiger partial charge >= 0.3 is 6.09 Å². The first kappa shape index (κ1) is 20.8. The first-order valence-electron chi connectivity index (χ1n) is 9.57. The first-order valence-corrected chi connectivity index (χ1v) is 10.4. The van der Waals surface area contributed by atoms with Gasteiger partial charge in [-0.25, -0.2) is 9.78 Å². The first-order chi connectivity index (χ1) is 14.0. The highest BCUT2D eigenvalue weighted by molar-refractivity contribution is 7.14. The molecule has 1 saturated heterocycles. The Balaban J connectivity index is 1.46. The predicted molar refractivity (Wildman–Crippen MR) is 110 cm³/mol. The van der Waals surface area contributed by atoms with Gasteiger partial charge in [0, 0.05) is 24.5 Å². The minimum Gasteiger partial charge on any atom is -0.450 e. The van der Waals surface area contributed by atoms with Crippen molar-refractivity contribution in [1.82, 2.24) is 15.2 Å². The number of rotatable bonds is 6. The van der Waals surface area contributed by atoms with E-state index in [0.717, 1.165) is 5.56 Å². The van der Waals surface area contributed by atoms with Gasteiger partial charge in [0.2, 0.25) is 5.91 Å². The van der Waals surface area contributed by atoms with Crippen LogP contribution in [0, 0.1) is 0 Å². The quantitative estimate of drug-likeness (QED) is 0.754. The van der Waals surface area contributed by atoms with E-state index in [1.54, 1.807) is 17.2 Å². The van der Waals surface area contributed by atoms with E-state index >= 15 is 0 Å². The minimum absolute atomic E-state index is 0.0222. The normalized spacial score (nSPS) is 14.3. The number of hydrogen-bond acceptors (Lipinski definition) is 6. The molecule has 1 aliphatic heterocycles. The molecule has 0 saturated carbocycles. The molecule has 154 valence electrons. The minimum atomic E-state index is -0.312. The van der Waals surface area contributed by atoms with Gasteiger partial charge in [0.25, 0.3) is 5.91 Å². The molecule has 2 aromatic rings. The fourth-order valence-electron chi connectivity index (χ4n) is 3.06. The second kappa shape index (κ2) is 10.0. The predicted octanol–water partition coefficient (Wildman–Crippen LogP) is 2.68. The maximum absolute atomic E-state index is 12.4. The second-order valence-electron chi connectivity index (χ2n) is 6.68. The lowest BCUT2D eigenvalue weighted by molar-refractivity contribution is -0.115. The Bertz CT molecular complexity index is 847. The lowest BCUT2D eigenvalue weighted by Crippen LogP contribution is -2.46. The van der Waals surface area contributed by atoms with Crippen LogP contribution in [0.5, 0.6) is 0 Å². The molecular formula is C20H24N4O4S. The van der Waals surface area contributed by atoms with Gasteiger partial charge in [-0.05, 0) is 25.3 Å². The summed E-state index contributed by atoms with van der Waals surface area (Å²) in [5, 5.41) is 7.70. The topological polar surface area (TPSA) is 101 Å². The van der Waals surface area contributed by atoms with Crippen molar-refractivity contribution in [2.24, 2.45) is 0 Å². The van der Waals surface area contributed by atoms with Crippen LogP contribution in [0.25, 0.3) is 0 Å². The van der Waals surface area contributed by atoms with Crippen LogP contribution < -0.4 is 10.6 Å². The van der Waals surface area contributed by atoms with Crippen molar-refractivity contribution >= 4 is 34.4 Å². The summed E-state index contributed by atoms with van der Waals surface area (Å²) in [5.41, 5.74) is 1.19. The lowest BCUT2D eigenvalue weighted by atomic mass is 10.1. The molecule has 1 aliphatic rings. The Hall–Kier alpha value is -2.94. The molecule has 0 radical (unpaired) electrons. The highest BCUT2D eigenvalue weighted by atomic mass is 32.1. The monoisotopic (exact) mass is 416 g/mol. The SMILES string of the molecule is CCOC(=O)N1CCC(NC(=O)c2csc(NC(=O)Cc3ccccc3)n2)CC1. The molecule has 1 fully saturated rings. The third kappa shape index (κ3) is 6.02. The van der Waals surface area contributed by atoms with E-state index in [9.17, 15) is 14.4 Å². The summed E-state index contributed by atoms with van der Waals surface area (Å²) >= 11 is 1.22. The number of benzene rings is 1. The standard InChI is InChI=1S/C20H24N4O4S/c1-2-28-20(27)24-10-8-15(9-11-24)21-18(26)16-13-29-19(22-16)23-17(25)12-14-6-4-3-5-7-14/h3-7,13,15H,2,8-12H2,1H3,(H,21,26)(H,22,23,25). The Labute approximate surface area is 173 Å². The molecule has 0 unspecified atom stereocenters. The highest BCUT2D eigenvalue weighted by Gasteiger charge is 2.25. The van der Waals surface area contributed by atoms with E-state index in [1.807, 2.05) is 30.3 Å². The van der Waals surface area contributed by atoms with Crippen molar-refractivity contribution < 1.29 is 19.1 Å². The van der Waals surface area contributed by atoms with Gasteiger partial charge in [-0.3, -0.25) is 9.59 Å². The van der Waals surface area contributed by atoms with Crippen molar-refractivity contribution in [3.05, 3.63) is 47.0 Å². The number of thiazole rings is 1. The Morgan fingerprint density at radius 1 is 1.21 bits per heavy atom. The Morgan fingerprint density at radius 2 is 1.93 bits per heavy atom. The number of carbonyl (C=O) groups excluding carboxylic acids is 3. The molecule has 8 nitrogen and oxygen atoms in total. The van der Waals surface area contributed by atoms with Crippen molar-refractivity contribution in [1.29, 1.82) is 0 Å². The third-order valence-corrected chi connectivity index (χ3v) is 5.30.